The number of rotatable bonds is 5. The van der Waals surface area contributed by atoms with Gasteiger partial charge in [0.2, 0.25) is 5.91 Å². The lowest BCUT2D eigenvalue weighted by Gasteiger charge is -2.27. The van der Waals surface area contributed by atoms with Gasteiger partial charge in [-0.2, -0.15) is 0 Å². The van der Waals surface area contributed by atoms with E-state index in [1.807, 2.05) is 18.9 Å². The number of nitrogens with zero attached hydrogens (tertiary/aromatic N) is 1. The van der Waals surface area contributed by atoms with Gasteiger partial charge in [-0.3, -0.25) is 4.79 Å². The molecule has 1 amide bonds. The molecule has 116 valence electrons. The molecule has 0 aromatic heterocycles. The van der Waals surface area contributed by atoms with Crippen LogP contribution in [0.15, 0.2) is 23.1 Å². The van der Waals surface area contributed by atoms with Crippen LogP contribution in [0.4, 0.5) is 5.69 Å². The van der Waals surface area contributed by atoms with Crippen molar-refractivity contribution < 1.29 is 17.9 Å². The second-order valence-electron chi connectivity index (χ2n) is 5.03. The van der Waals surface area contributed by atoms with Crippen molar-refractivity contribution in [2.24, 2.45) is 0 Å². The summed E-state index contributed by atoms with van der Waals surface area (Å²) >= 11 is 0. The molecule has 7 heteroatoms. The van der Waals surface area contributed by atoms with Gasteiger partial charge in [-0.1, -0.05) is 13.3 Å². The molecule has 0 unspecified atom stereocenters. The molecule has 1 aromatic carbocycles. The van der Waals surface area contributed by atoms with E-state index in [1.54, 1.807) is 6.07 Å². The van der Waals surface area contributed by atoms with Crippen LogP contribution in [0.1, 0.15) is 26.2 Å². The number of hydrogen-bond acceptors (Lipinski definition) is 5. The first-order valence-electron chi connectivity index (χ1n) is 6.97. The molecule has 0 radical (unpaired) electrons. The summed E-state index contributed by atoms with van der Waals surface area (Å²) in [5.74, 6) is 0.0419. The molecule has 1 aliphatic heterocycles. The number of unbranched alkanes of at least 4 members (excludes halogenated alkanes) is 1. The average molecular weight is 312 g/mol. The van der Waals surface area contributed by atoms with Crippen LogP contribution in [-0.2, 0) is 14.8 Å². The van der Waals surface area contributed by atoms with Gasteiger partial charge in [0.15, 0.2) is 0 Å². The highest BCUT2D eigenvalue weighted by molar-refractivity contribution is 7.90. The standard InChI is InChI=1S/C14H20N2O4S/c1-3-4-5-14(17)15-21(18,19)11-6-7-12-13(10-11)20-9-8-16(12)2/h6-7,10H,3-5,8-9H2,1-2H3,(H,15,17). The summed E-state index contributed by atoms with van der Waals surface area (Å²) in [6.45, 7) is 3.21. The number of hydrogen-bond donors (Lipinski definition) is 1. The Labute approximate surface area is 125 Å². The van der Waals surface area contributed by atoms with Crippen molar-refractivity contribution in [1.82, 2.24) is 4.72 Å². The number of fused-ring (bicyclic) bond motifs is 1. The van der Waals surface area contributed by atoms with E-state index in [1.165, 1.54) is 12.1 Å². The number of amides is 1. The third-order valence-corrected chi connectivity index (χ3v) is 4.71. The Kier molecular flexibility index (Phi) is 4.72. The predicted octanol–water partition coefficient (Wildman–Crippen LogP) is 1.51. The molecular weight excluding hydrogens is 292 g/mol. The Bertz CT molecular complexity index is 628. The van der Waals surface area contributed by atoms with Crippen LogP contribution in [-0.4, -0.2) is 34.5 Å². The second kappa shape index (κ2) is 6.34. The molecule has 1 aliphatic rings. The van der Waals surface area contributed by atoms with Crippen molar-refractivity contribution in [3.63, 3.8) is 0 Å². The number of sulfonamides is 1. The van der Waals surface area contributed by atoms with Crippen LogP contribution in [0.2, 0.25) is 0 Å². The maximum atomic E-state index is 12.2. The second-order valence-corrected chi connectivity index (χ2v) is 6.71. The fraction of sp³-hybridized carbons (Fsp3) is 0.500. The van der Waals surface area contributed by atoms with E-state index in [4.69, 9.17) is 4.74 Å². The van der Waals surface area contributed by atoms with E-state index >= 15 is 0 Å². The fourth-order valence-electron chi connectivity index (χ4n) is 2.10. The van der Waals surface area contributed by atoms with E-state index in [0.717, 1.165) is 18.7 Å². The van der Waals surface area contributed by atoms with Crippen molar-refractivity contribution in [3.05, 3.63) is 18.2 Å². The van der Waals surface area contributed by atoms with Gasteiger partial charge in [-0.15, -0.1) is 0 Å². The zero-order chi connectivity index (χ0) is 15.5. The van der Waals surface area contributed by atoms with Gasteiger partial charge in [-0.25, -0.2) is 13.1 Å². The van der Waals surface area contributed by atoms with Crippen molar-refractivity contribution in [1.29, 1.82) is 0 Å². The van der Waals surface area contributed by atoms with Gasteiger partial charge in [0.1, 0.15) is 12.4 Å². The quantitative estimate of drug-likeness (QED) is 0.892. The summed E-state index contributed by atoms with van der Waals surface area (Å²) in [7, 11) is -1.92. The zero-order valence-corrected chi connectivity index (χ0v) is 13.1. The zero-order valence-electron chi connectivity index (χ0n) is 12.3. The first kappa shape index (κ1) is 15.6. The van der Waals surface area contributed by atoms with Crippen molar-refractivity contribution in [3.8, 4) is 5.75 Å². The van der Waals surface area contributed by atoms with Gasteiger partial charge in [0.05, 0.1) is 17.1 Å². The Morgan fingerprint density at radius 1 is 1.43 bits per heavy atom. The number of anilines is 1. The molecular formula is C14H20N2O4S. The molecule has 0 saturated heterocycles. The molecule has 1 N–H and O–H groups in total. The van der Waals surface area contributed by atoms with Crippen LogP contribution >= 0.6 is 0 Å². The van der Waals surface area contributed by atoms with Crippen LogP contribution in [0, 0.1) is 0 Å². The molecule has 0 bridgehead atoms. The number of benzene rings is 1. The average Bonchev–Trinajstić information content (AvgIpc) is 2.44. The van der Waals surface area contributed by atoms with Gasteiger partial charge in [0, 0.05) is 19.5 Å². The minimum atomic E-state index is -3.84. The Balaban J connectivity index is 2.19. The summed E-state index contributed by atoms with van der Waals surface area (Å²) in [6.07, 6.45) is 1.71. The number of carbonyl (C=O) groups excluding carboxylic acids is 1. The van der Waals surface area contributed by atoms with Crippen LogP contribution in [0.3, 0.4) is 0 Å². The molecule has 0 fully saturated rings. The van der Waals surface area contributed by atoms with Gasteiger partial charge in [-0.05, 0) is 18.6 Å². The largest absolute Gasteiger partial charge is 0.490 e. The monoisotopic (exact) mass is 312 g/mol. The van der Waals surface area contributed by atoms with Gasteiger partial charge in [0.25, 0.3) is 10.0 Å². The summed E-state index contributed by atoms with van der Waals surface area (Å²) in [4.78, 5) is 13.6. The number of nitrogens with one attached hydrogen (secondary N) is 1. The van der Waals surface area contributed by atoms with E-state index in [9.17, 15) is 13.2 Å². The first-order valence-corrected chi connectivity index (χ1v) is 8.46. The van der Waals surface area contributed by atoms with Crippen LogP contribution < -0.4 is 14.4 Å². The summed E-state index contributed by atoms with van der Waals surface area (Å²) in [5, 5.41) is 0. The van der Waals surface area contributed by atoms with E-state index in [-0.39, 0.29) is 11.3 Å². The first-order chi connectivity index (χ1) is 9.94. The number of ether oxygens (including phenoxy) is 1. The third kappa shape index (κ3) is 3.66. The molecule has 0 aliphatic carbocycles. The molecule has 21 heavy (non-hydrogen) atoms. The van der Waals surface area contributed by atoms with Crippen molar-refractivity contribution in [2.75, 3.05) is 25.1 Å². The summed E-state index contributed by atoms with van der Waals surface area (Å²) < 4.78 is 31.9. The minimum absolute atomic E-state index is 0.0430. The van der Waals surface area contributed by atoms with E-state index in [2.05, 4.69) is 4.72 Å². The number of likely N-dealkylation sites (N-methyl/N-ethyl adjacent to an activating group) is 1. The van der Waals surface area contributed by atoms with E-state index in [0.29, 0.717) is 18.8 Å². The molecule has 2 rings (SSSR count). The molecule has 0 atom stereocenters. The minimum Gasteiger partial charge on any atom is -0.490 e. The van der Waals surface area contributed by atoms with Crippen molar-refractivity contribution in [2.45, 2.75) is 31.1 Å². The predicted molar refractivity (Wildman–Crippen MR) is 80.1 cm³/mol. The summed E-state index contributed by atoms with van der Waals surface area (Å²) in [5.41, 5.74) is 0.845. The maximum Gasteiger partial charge on any atom is 0.264 e. The van der Waals surface area contributed by atoms with Crippen molar-refractivity contribution >= 4 is 21.6 Å². The lowest BCUT2D eigenvalue weighted by molar-refractivity contribution is -0.119. The molecule has 0 spiro atoms. The highest BCUT2D eigenvalue weighted by Crippen LogP contribution is 2.32. The van der Waals surface area contributed by atoms with Gasteiger partial charge >= 0.3 is 0 Å². The highest BCUT2D eigenvalue weighted by atomic mass is 32.2. The molecule has 1 heterocycles. The number of carbonyl (C=O) groups is 1. The van der Waals surface area contributed by atoms with Crippen LogP contribution in [0.5, 0.6) is 5.75 Å². The van der Waals surface area contributed by atoms with Crippen LogP contribution in [0.25, 0.3) is 0 Å². The Hall–Kier alpha value is -1.76. The van der Waals surface area contributed by atoms with Gasteiger partial charge < -0.3 is 9.64 Å². The fourth-order valence-corrected chi connectivity index (χ4v) is 3.13. The highest BCUT2D eigenvalue weighted by Gasteiger charge is 2.22. The lowest BCUT2D eigenvalue weighted by Crippen LogP contribution is -2.31. The Morgan fingerprint density at radius 2 is 2.19 bits per heavy atom. The lowest BCUT2D eigenvalue weighted by atomic mass is 10.2. The SMILES string of the molecule is CCCCC(=O)NS(=O)(=O)c1ccc2c(c1)OCCN2C. The molecule has 6 nitrogen and oxygen atoms in total. The molecule has 1 aromatic rings. The molecule has 0 saturated carbocycles. The van der Waals surface area contributed by atoms with E-state index < -0.39 is 15.9 Å². The maximum absolute atomic E-state index is 12.2. The normalized spacial score (nSPS) is 14.3. The Morgan fingerprint density at radius 3 is 2.90 bits per heavy atom. The third-order valence-electron chi connectivity index (χ3n) is 3.34. The topological polar surface area (TPSA) is 75.7 Å². The smallest absolute Gasteiger partial charge is 0.264 e. The summed E-state index contributed by atoms with van der Waals surface area (Å²) in [6, 6.07) is 4.64.